The lowest BCUT2D eigenvalue weighted by atomic mass is 10.1. The molecule has 1 saturated heterocycles. The number of hydrazine groups is 1. The van der Waals surface area contributed by atoms with Crippen molar-refractivity contribution >= 4 is 23.2 Å². The van der Waals surface area contributed by atoms with Crippen LogP contribution in [-0.4, -0.2) is 23.3 Å². The smallest absolute Gasteiger partial charge is 0.275 e. The van der Waals surface area contributed by atoms with E-state index < -0.39 is 0 Å². The lowest BCUT2D eigenvalue weighted by molar-refractivity contribution is -0.132. The Morgan fingerprint density at radius 2 is 2.16 bits per heavy atom. The van der Waals surface area contributed by atoms with Crippen molar-refractivity contribution in [3.05, 3.63) is 21.9 Å². The highest BCUT2D eigenvalue weighted by molar-refractivity contribution is 7.12. The van der Waals surface area contributed by atoms with Gasteiger partial charge >= 0.3 is 0 Å². The number of nitrogens with one attached hydrogen (secondary N) is 1. The van der Waals surface area contributed by atoms with Gasteiger partial charge in [-0.3, -0.25) is 15.0 Å². The van der Waals surface area contributed by atoms with Crippen LogP contribution in [0.1, 0.15) is 47.3 Å². The average Bonchev–Trinajstić information content (AvgIpc) is 2.86. The molecule has 0 bridgehead atoms. The molecule has 2 heterocycles. The van der Waals surface area contributed by atoms with E-state index in [-0.39, 0.29) is 11.8 Å². The first-order valence-electron chi connectivity index (χ1n) is 6.57. The van der Waals surface area contributed by atoms with Gasteiger partial charge in [0, 0.05) is 19.5 Å². The number of carbonyl (C=O) groups excluding carboxylic acids is 2. The van der Waals surface area contributed by atoms with Crippen LogP contribution in [0.2, 0.25) is 0 Å². The number of nitrogen functional groups attached to an aromatic ring is 1. The molecule has 19 heavy (non-hydrogen) atoms. The topological polar surface area (TPSA) is 75.4 Å². The first-order chi connectivity index (χ1) is 9.22. The van der Waals surface area contributed by atoms with E-state index in [2.05, 4.69) is 5.43 Å². The van der Waals surface area contributed by atoms with Crippen molar-refractivity contribution in [3.8, 4) is 0 Å². The molecule has 1 aliphatic rings. The molecule has 2 rings (SSSR count). The summed E-state index contributed by atoms with van der Waals surface area (Å²) in [5, 5.41) is 1.86. The second-order valence-corrected chi connectivity index (χ2v) is 5.64. The van der Waals surface area contributed by atoms with Crippen molar-refractivity contribution in [2.24, 2.45) is 5.84 Å². The SMILES string of the molecule is NNC(=O)c1sccc1CN1CCCCCCC1=O. The van der Waals surface area contributed by atoms with Crippen molar-refractivity contribution in [3.63, 3.8) is 0 Å². The van der Waals surface area contributed by atoms with Gasteiger partial charge < -0.3 is 4.90 Å². The predicted molar refractivity (Wildman–Crippen MR) is 74.5 cm³/mol. The molecule has 2 amide bonds. The van der Waals surface area contributed by atoms with E-state index in [0.717, 1.165) is 31.4 Å². The molecule has 5 nitrogen and oxygen atoms in total. The average molecular weight is 281 g/mol. The maximum absolute atomic E-state index is 12.0. The van der Waals surface area contributed by atoms with E-state index in [4.69, 9.17) is 5.84 Å². The van der Waals surface area contributed by atoms with Crippen molar-refractivity contribution < 1.29 is 9.59 Å². The number of hydrogen-bond acceptors (Lipinski definition) is 4. The number of nitrogens with two attached hydrogens (primary N) is 1. The molecule has 0 radical (unpaired) electrons. The fourth-order valence-corrected chi connectivity index (χ4v) is 3.13. The maximum atomic E-state index is 12.0. The summed E-state index contributed by atoms with van der Waals surface area (Å²) in [5.74, 6) is 5.06. The largest absolute Gasteiger partial charge is 0.338 e. The molecule has 1 fully saturated rings. The Bertz CT molecular complexity index is 458. The number of carbonyl (C=O) groups is 2. The van der Waals surface area contributed by atoms with Gasteiger partial charge in [0.15, 0.2) is 0 Å². The molecule has 3 N–H and O–H groups in total. The third kappa shape index (κ3) is 3.54. The molecule has 104 valence electrons. The van der Waals surface area contributed by atoms with Gasteiger partial charge in [-0.1, -0.05) is 12.8 Å². The van der Waals surface area contributed by atoms with Gasteiger partial charge in [0.25, 0.3) is 5.91 Å². The number of amides is 2. The second-order valence-electron chi connectivity index (χ2n) is 4.73. The van der Waals surface area contributed by atoms with Gasteiger partial charge in [0.2, 0.25) is 5.91 Å². The second kappa shape index (κ2) is 6.68. The van der Waals surface area contributed by atoms with Gasteiger partial charge in [0.05, 0.1) is 4.88 Å². The quantitative estimate of drug-likeness (QED) is 0.502. The van der Waals surface area contributed by atoms with Crippen LogP contribution in [0.15, 0.2) is 11.4 Å². The Morgan fingerprint density at radius 3 is 2.95 bits per heavy atom. The molecule has 0 aromatic carbocycles. The number of rotatable bonds is 3. The van der Waals surface area contributed by atoms with E-state index >= 15 is 0 Å². The Hall–Kier alpha value is -1.40. The molecule has 1 aliphatic heterocycles. The van der Waals surface area contributed by atoms with E-state index in [0.29, 0.717) is 17.8 Å². The monoisotopic (exact) mass is 281 g/mol. The summed E-state index contributed by atoms with van der Waals surface area (Å²) in [7, 11) is 0. The minimum Gasteiger partial charge on any atom is -0.338 e. The maximum Gasteiger partial charge on any atom is 0.275 e. The first-order valence-corrected chi connectivity index (χ1v) is 7.45. The van der Waals surface area contributed by atoms with E-state index in [9.17, 15) is 9.59 Å². The number of nitrogens with zero attached hydrogens (tertiary/aromatic N) is 1. The van der Waals surface area contributed by atoms with E-state index in [1.807, 2.05) is 16.3 Å². The molecular weight excluding hydrogens is 262 g/mol. The zero-order valence-corrected chi connectivity index (χ0v) is 11.7. The Morgan fingerprint density at radius 1 is 1.37 bits per heavy atom. The fraction of sp³-hybridized carbons (Fsp3) is 0.538. The minimum absolute atomic E-state index is 0.185. The third-order valence-electron chi connectivity index (χ3n) is 3.37. The third-order valence-corrected chi connectivity index (χ3v) is 4.32. The van der Waals surface area contributed by atoms with Gasteiger partial charge in [-0.2, -0.15) is 0 Å². The standard InChI is InChI=1S/C13H19N3O2S/c14-15-13(18)12-10(6-8-19-12)9-16-7-4-2-1-3-5-11(16)17/h6,8H,1-5,7,9,14H2,(H,15,18). The van der Waals surface area contributed by atoms with Crippen molar-refractivity contribution in [1.82, 2.24) is 10.3 Å². The van der Waals surface area contributed by atoms with Gasteiger partial charge in [-0.15, -0.1) is 11.3 Å². The first kappa shape index (κ1) is 14.0. The van der Waals surface area contributed by atoms with Crippen molar-refractivity contribution in [1.29, 1.82) is 0 Å². The summed E-state index contributed by atoms with van der Waals surface area (Å²) in [6.07, 6.45) is 4.92. The molecule has 0 saturated carbocycles. The van der Waals surface area contributed by atoms with Crippen LogP contribution >= 0.6 is 11.3 Å². The van der Waals surface area contributed by atoms with Crippen molar-refractivity contribution in [2.45, 2.75) is 38.6 Å². The molecular formula is C13H19N3O2S. The molecule has 1 aromatic rings. The molecule has 0 atom stereocenters. The lowest BCUT2D eigenvalue weighted by Crippen LogP contribution is -2.34. The highest BCUT2D eigenvalue weighted by Crippen LogP contribution is 2.20. The predicted octanol–water partition coefficient (Wildman–Crippen LogP) is 1.64. The number of hydrogen-bond donors (Lipinski definition) is 2. The zero-order valence-electron chi connectivity index (χ0n) is 10.9. The Balaban J connectivity index is 2.08. The van der Waals surface area contributed by atoms with Crippen LogP contribution in [0.25, 0.3) is 0 Å². The van der Waals surface area contributed by atoms with Gasteiger partial charge in [-0.25, -0.2) is 5.84 Å². The Kier molecular flexibility index (Phi) is 4.93. The van der Waals surface area contributed by atoms with Crippen LogP contribution in [-0.2, 0) is 11.3 Å². The zero-order chi connectivity index (χ0) is 13.7. The molecule has 0 spiro atoms. The number of thiophene rings is 1. The highest BCUT2D eigenvalue weighted by atomic mass is 32.1. The molecule has 1 aromatic heterocycles. The number of likely N-dealkylation sites (tertiary alicyclic amines) is 1. The summed E-state index contributed by atoms with van der Waals surface area (Å²) >= 11 is 1.35. The van der Waals surface area contributed by atoms with Crippen LogP contribution in [0.4, 0.5) is 0 Å². The molecule has 0 unspecified atom stereocenters. The lowest BCUT2D eigenvalue weighted by Gasteiger charge is -2.24. The summed E-state index contributed by atoms with van der Waals surface area (Å²) in [6.45, 7) is 1.28. The van der Waals surface area contributed by atoms with Gasteiger partial charge in [0.1, 0.15) is 0 Å². The van der Waals surface area contributed by atoms with E-state index in [1.165, 1.54) is 17.8 Å². The van der Waals surface area contributed by atoms with Crippen LogP contribution < -0.4 is 11.3 Å². The normalized spacial score (nSPS) is 16.9. The van der Waals surface area contributed by atoms with E-state index in [1.54, 1.807) is 0 Å². The summed E-state index contributed by atoms with van der Waals surface area (Å²) < 4.78 is 0. The summed E-state index contributed by atoms with van der Waals surface area (Å²) in [4.78, 5) is 26.1. The highest BCUT2D eigenvalue weighted by Gasteiger charge is 2.19. The van der Waals surface area contributed by atoms with Crippen molar-refractivity contribution in [2.75, 3.05) is 6.54 Å². The minimum atomic E-state index is -0.288. The van der Waals surface area contributed by atoms with Crippen LogP contribution in [0.3, 0.4) is 0 Å². The Labute approximate surface area is 116 Å². The van der Waals surface area contributed by atoms with Crippen LogP contribution in [0.5, 0.6) is 0 Å². The summed E-state index contributed by atoms with van der Waals surface area (Å²) in [5.41, 5.74) is 3.02. The molecule has 6 heteroatoms. The fourth-order valence-electron chi connectivity index (χ4n) is 2.31. The summed E-state index contributed by atoms with van der Waals surface area (Å²) in [6, 6.07) is 1.89. The molecule has 0 aliphatic carbocycles. The van der Waals surface area contributed by atoms with Gasteiger partial charge in [-0.05, 0) is 29.9 Å². The van der Waals surface area contributed by atoms with Crippen LogP contribution in [0, 0.1) is 0 Å².